The molecule has 100 valence electrons. The van der Waals surface area contributed by atoms with Crippen LogP contribution in [0.15, 0.2) is 17.6 Å². The predicted molar refractivity (Wildman–Crippen MR) is 63.6 cm³/mol. The van der Waals surface area contributed by atoms with Crippen LogP contribution in [0.5, 0.6) is 0 Å². The quantitative estimate of drug-likeness (QED) is 0.192. The Bertz CT molecular complexity index is 320. The molecule has 0 saturated heterocycles. The summed E-state index contributed by atoms with van der Waals surface area (Å²) in [5.74, 6) is -0.870. The van der Waals surface area contributed by atoms with E-state index in [2.05, 4.69) is 16.3 Å². The molecular formula is C12H17NO5. The molecule has 0 fully saturated rings. The van der Waals surface area contributed by atoms with Crippen molar-refractivity contribution in [2.75, 3.05) is 19.8 Å². The van der Waals surface area contributed by atoms with Gasteiger partial charge in [0.2, 0.25) is 6.08 Å². The maximum atomic E-state index is 11.2. The molecular weight excluding hydrogens is 238 g/mol. The molecule has 0 amide bonds. The molecule has 0 aliphatic rings. The molecule has 0 unspecified atom stereocenters. The highest BCUT2D eigenvalue weighted by atomic mass is 16.6. The van der Waals surface area contributed by atoms with E-state index in [4.69, 9.17) is 4.74 Å². The number of hydrogen-bond acceptors (Lipinski definition) is 6. The van der Waals surface area contributed by atoms with E-state index in [1.54, 1.807) is 0 Å². The second kappa shape index (κ2) is 11.5. The Morgan fingerprint density at radius 2 is 1.89 bits per heavy atom. The lowest BCUT2D eigenvalue weighted by Gasteiger charge is -2.04. The van der Waals surface area contributed by atoms with Gasteiger partial charge < -0.3 is 9.47 Å². The fourth-order valence-corrected chi connectivity index (χ4v) is 1.11. The van der Waals surface area contributed by atoms with E-state index in [1.165, 1.54) is 6.08 Å². The van der Waals surface area contributed by atoms with Crippen molar-refractivity contribution >= 4 is 18.0 Å². The van der Waals surface area contributed by atoms with Gasteiger partial charge in [0, 0.05) is 12.5 Å². The molecule has 0 aromatic carbocycles. The Hall–Kier alpha value is -1.94. The molecule has 0 saturated carbocycles. The molecule has 0 aromatic heterocycles. The zero-order valence-corrected chi connectivity index (χ0v) is 10.2. The standard InChI is InChI=1S/C12H17NO5/c1-2-11(15)17-8-9-18-12(16)6-4-3-5-7-13-10-14/h2H,1,3-9H2. The van der Waals surface area contributed by atoms with Crippen LogP contribution in [-0.4, -0.2) is 37.8 Å². The van der Waals surface area contributed by atoms with E-state index in [0.29, 0.717) is 19.4 Å². The number of nitrogens with zero attached hydrogens (tertiary/aromatic N) is 1. The number of ether oxygens (including phenoxy) is 2. The smallest absolute Gasteiger partial charge is 0.330 e. The van der Waals surface area contributed by atoms with Crippen LogP contribution in [0.4, 0.5) is 0 Å². The first-order valence-corrected chi connectivity index (χ1v) is 5.69. The number of rotatable bonds is 10. The van der Waals surface area contributed by atoms with Crippen LogP contribution >= 0.6 is 0 Å². The number of carbonyl (C=O) groups excluding carboxylic acids is 3. The monoisotopic (exact) mass is 255 g/mol. The highest BCUT2D eigenvalue weighted by Crippen LogP contribution is 2.01. The Labute approximate surface area is 106 Å². The van der Waals surface area contributed by atoms with Crippen LogP contribution in [0.1, 0.15) is 25.7 Å². The van der Waals surface area contributed by atoms with Gasteiger partial charge in [0.25, 0.3) is 0 Å². The van der Waals surface area contributed by atoms with Crippen molar-refractivity contribution in [3.63, 3.8) is 0 Å². The third-order valence-electron chi connectivity index (χ3n) is 1.97. The third kappa shape index (κ3) is 10.6. The second-order valence-corrected chi connectivity index (χ2v) is 3.38. The van der Waals surface area contributed by atoms with Gasteiger partial charge in [-0.05, 0) is 12.8 Å². The van der Waals surface area contributed by atoms with Gasteiger partial charge in [0.1, 0.15) is 13.2 Å². The van der Waals surface area contributed by atoms with Crippen molar-refractivity contribution in [2.24, 2.45) is 4.99 Å². The zero-order valence-electron chi connectivity index (χ0n) is 10.2. The fraction of sp³-hybridized carbons (Fsp3) is 0.583. The molecule has 0 rings (SSSR count). The molecule has 0 N–H and O–H groups in total. The molecule has 0 radical (unpaired) electrons. The van der Waals surface area contributed by atoms with Crippen LogP contribution in [-0.2, 0) is 23.9 Å². The van der Waals surface area contributed by atoms with E-state index in [-0.39, 0.29) is 19.2 Å². The molecule has 0 spiro atoms. The second-order valence-electron chi connectivity index (χ2n) is 3.38. The molecule has 18 heavy (non-hydrogen) atoms. The molecule has 0 aliphatic heterocycles. The van der Waals surface area contributed by atoms with Crippen molar-refractivity contribution in [1.82, 2.24) is 0 Å². The SMILES string of the molecule is C=CC(=O)OCCOC(=O)CCCCCN=C=O. The average molecular weight is 255 g/mol. The summed E-state index contributed by atoms with van der Waals surface area (Å²) in [5.41, 5.74) is 0. The first-order chi connectivity index (χ1) is 8.70. The molecule has 0 bridgehead atoms. The highest BCUT2D eigenvalue weighted by molar-refractivity contribution is 5.81. The highest BCUT2D eigenvalue weighted by Gasteiger charge is 2.03. The lowest BCUT2D eigenvalue weighted by Crippen LogP contribution is -2.12. The molecule has 6 nitrogen and oxygen atoms in total. The Morgan fingerprint density at radius 1 is 1.17 bits per heavy atom. The topological polar surface area (TPSA) is 82.0 Å². The van der Waals surface area contributed by atoms with Crippen molar-refractivity contribution in [3.05, 3.63) is 12.7 Å². The largest absolute Gasteiger partial charge is 0.462 e. The maximum absolute atomic E-state index is 11.2. The van der Waals surface area contributed by atoms with Crippen LogP contribution in [0.25, 0.3) is 0 Å². The normalized spacial score (nSPS) is 9.11. The Balaban J connectivity index is 3.34. The van der Waals surface area contributed by atoms with Gasteiger partial charge in [-0.3, -0.25) is 4.79 Å². The summed E-state index contributed by atoms with van der Waals surface area (Å²) < 4.78 is 9.46. The van der Waals surface area contributed by atoms with Gasteiger partial charge in [0.05, 0.1) is 6.54 Å². The number of esters is 2. The molecule has 6 heteroatoms. The third-order valence-corrected chi connectivity index (χ3v) is 1.97. The number of carbonyl (C=O) groups is 2. The van der Waals surface area contributed by atoms with Crippen LogP contribution in [0, 0.1) is 0 Å². The van der Waals surface area contributed by atoms with E-state index in [0.717, 1.165) is 18.9 Å². The number of aliphatic imine (C=N–C) groups is 1. The summed E-state index contributed by atoms with van der Waals surface area (Å²) in [7, 11) is 0. The lowest BCUT2D eigenvalue weighted by molar-refractivity contribution is -0.149. The average Bonchev–Trinajstić information content (AvgIpc) is 2.38. The van der Waals surface area contributed by atoms with Crippen LogP contribution in [0.3, 0.4) is 0 Å². The zero-order chi connectivity index (χ0) is 13.6. The minimum atomic E-state index is -0.540. The molecule has 0 aromatic rings. The van der Waals surface area contributed by atoms with Crippen molar-refractivity contribution in [2.45, 2.75) is 25.7 Å². The van der Waals surface area contributed by atoms with E-state index in [9.17, 15) is 14.4 Å². The predicted octanol–water partition coefficient (Wildman–Crippen LogP) is 1.15. The molecule has 0 heterocycles. The van der Waals surface area contributed by atoms with Crippen molar-refractivity contribution < 1.29 is 23.9 Å². The lowest BCUT2D eigenvalue weighted by atomic mass is 10.2. The van der Waals surface area contributed by atoms with E-state index in [1.807, 2.05) is 0 Å². The summed E-state index contributed by atoms with van der Waals surface area (Å²) in [6.07, 6.45) is 5.03. The summed E-state index contributed by atoms with van der Waals surface area (Å²) in [4.78, 5) is 35.0. The Morgan fingerprint density at radius 3 is 2.56 bits per heavy atom. The van der Waals surface area contributed by atoms with Gasteiger partial charge >= 0.3 is 11.9 Å². The number of hydrogen-bond donors (Lipinski definition) is 0. The minimum absolute atomic E-state index is 0.0324. The van der Waals surface area contributed by atoms with Crippen molar-refractivity contribution in [1.29, 1.82) is 0 Å². The summed E-state index contributed by atoms with van der Waals surface area (Å²) in [5, 5.41) is 0. The van der Waals surface area contributed by atoms with E-state index >= 15 is 0 Å². The molecule has 0 aliphatic carbocycles. The number of unbranched alkanes of at least 4 members (excludes halogenated alkanes) is 2. The first-order valence-electron chi connectivity index (χ1n) is 5.69. The number of isocyanates is 1. The first kappa shape index (κ1) is 16.1. The van der Waals surface area contributed by atoms with Crippen molar-refractivity contribution in [3.8, 4) is 0 Å². The fourth-order valence-electron chi connectivity index (χ4n) is 1.11. The summed E-state index contributed by atoms with van der Waals surface area (Å²) >= 11 is 0. The maximum Gasteiger partial charge on any atom is 0.330 e. The van der Waals surface area contributed by atoms with Gasteiger partial charge in [-0.2, -0.15) is 0 Å². The van der Waals surface area contributed by atoms with E-state index < -0.39 is 5.97 Å². The van der Waals surface area contributed by atoms with Crippen LogP contribution < -0.4 is 0 Å². The summed E-state index contributed by atoms with van der Waals surface area (Å²) in [6, 6.07) is 0. The van der Waals surface area contributed by atoms with Gasteiger partial charge in [0.15, 0.2) is 0 Å². The summed E-state index contributed by atoms with van der Waals surface area (Å²) in [6.45, 7) is 3.75. The van der Waals surface area contributed by atoms with Gasteiger partial charge in [-0.25, -0.2) is 14.6 Å². The van der Waals surface area contributed by atoms with Gasteiger partial charge in [-0.1, -0.05) is 13.0 Å². The minimum Gasteiger partial charge on any atom is -0.462 e. The van der Waals surface area contributed by atoms with Gasteiger partial charge in [-0.15, -0.1) is 0 Å². The Kier molecular flexibility index (Phi) is 10.3. The molecule has 0 atom stereocenters. The van der Waals surface area contributed by atoms with Crippen LogP contribution in [0.2, 0.25) is 0 Å².